The molecule has 1 aliphatic rings. The topological polar surface area (TPSA) is 32.8 Å². The van der Waals surface area contributed by atoms with Crippen LogP contribution in [0.15, 0.2) is 78.9 Å². The van der Waals surface area contributed by atoms with E-state index in [1.165, 1.54) is 11.1 Å². The van der Waals surface area contributed by atoms with Crippen molar-refractivity contribution in [2.45, 2.75) is 38.9 Å². The number of piperazine rings is 1. The third-order valence-corrected chi connectivity index (χ3v) is 7.04. The van der Waals surface area contributed by atoms with E-state index in [1.54, 1.807) is 0 Å². The standard InChI is InChI=1S/C30H35ClN2O2/c1-3-28(25-10-5-4-6-11-25)30(34)33-18-16-32(17-19-33)21-29(26-12-14-27(31)15-13-26)35-22-24-9-7-8-23(2)20-24/h4-15,20,28-29H,3,16-19,21-22H2,1-2H3. The zero-order valence-electron chi connectivity index (χ0n) is 20.7. The van der Waals surface area contributed by atoms with Gasteiger partial charge in [0.05, 0.1) is 18.6 Å². The molecule has 0 aliphatic carbocycles. The number of halogens is 1. The number of hydrogen-bond acceptors (Lipinski definition) is 3. The van der Waals surface area contributed by atoms with Gasteiger partial charge in [0.1, 0.15) is 0 Å². The first-order valence-corrected chi connectivity index (χ1v) is 12.9. The number of rotatable bonds is 9. The Morgan fingerprint density at radius 1 is 0.914 bits per heavy atom. The maximum absolute atomic E-state index is 13.3. The van der Waals surface area contributed by atoms with Crippen LogP contribution in [0.25, 0.3) is 0 Å². The Bertz CT molecular complexity index is 1080. The molecule has 184 valence electrons. The first-order valence-electron chi connectivity index (χ1n) is 12.5. The Labute approximate surface area is 214 Å². The Morgan fingerprint density at radius 2 is 1.63 bits per heavy atom. The van der Waals surface area contributed by atoms with Gasteiger partial charge in [-0.3, -0.25) is 9.69 Å². The Kier molecular flexibility index (Phi) is 8.97. The minimum atomic E-state index is -0.0674. The highest BCUT2D eigenvalue weighted by Crippen LogP contribution is 2.25. The molecule has 0 bridgehead atoms. The number of benzene rings is 3. The highest BCUT2D eigenvalue weighted by Gasteiger charge is 2.28. The van der Waals surface area contributed by atoms with Crippen LogP contribution >= 0.6 is 11.6 Å². The number of aryl methyl sites for hydroxylation is 1. The molecule has 35 heavy (non-hydrogen) atoms. The van der Waals surface area contributed by atoms with Crippen LogP contribution in [0.5, 0.6) is 0 Å². The fourth-order valence-electron chi connectivity index (χ4n) is 4.77. The van der Waals surface area contributed by atoms with Crippen LogP contribution in [0.3, 0.4) is 0 Å². The third-order valence-electron chi connectivity index (χ3n) is 6.79. The van der Waals surface area contributed by atoms with Crippen molar-refractivity contribution in [2.75, 3.05) is 32.7 Å². The number of amides is 1. The summed E-state index contributed by atoms with van der Waals surface area (Å²) in [6.07, 6.45) is 0.747. The van der Waals surface area contributed by atoms with Crippen molar-refractivity contribution in [3.05, 3.63) is 106 Å². The molecular formula is C30H35ClN2O2. The van der Waals surface area contributed by atoms with Gasteiger partial charge in [0, 0.05) is 37.7 Å². The van der Waals surface area contributed by atoms with Crippen molar-refractivity contribution in [1.29, 1.82) is 0 Å². The number of carbonyl (C=O) groups excluding carboxylic acids is 1. The van der Waals surface area contributed by atoms with Crippen LogP contribution in [-0.2, 0) is 16.1 Å². The van der Waals surface area contributed by atoms with E-state index in [4.69, 9.17) is 16.3 Å². The largest absolute Gasteiger partial charge is 0.368 e. The Morgan fingerprint density at radius 3 is 2.29 bits per heavy atom. The molecule has 2 unspecified atom stereocenters. The van der Waals surface area contributed by atoms with Gasteiger partial charge in [-0.1, -0.05) is 90.8 Å². The van der Waals surface area contributed by atoms with Crippen molar-refractivity contribution in [3.63, 3.8) is 0 Å². The van der Waals surface area contributed by atoms with Gasteiger partial charge in [-0.25, -0.2) is 0 Å². The quantitative estimate of drug-likeness (QED) is 0.355. The van der Waals surface area contributed by atoms with Crippen LogP contribution in [-0.4, -0.2) is 48.4 Å². The lowest BCUT2D eigenvalue weighted by Crippen LogP contribution is -2.50. The fourth-order valence-corrected chi connectivity index (χ4v) is 4.90. The predicted molar refractivity (Wildman–Crippen MR) is 143 cm³/mol. The lowest BCUT2D eigenvalue weighted by Gasteiger charge is -2.38. The van der Waals surface area contributed by atoms with Crippen molar-refractivity contribution >= 4 is 17.5 Å². The summed E-state index contributed by atoms with van der Waals surface area (Å²) in [7, 11) is 0. The summed E-state index contributed by atoms with van der Waals surface area (Å²) in [5.74, 6) is 0.172. The SMILES string of the molecule is CCC(C(=O)N1CCN(CC(OCc2cccc(C)c2)c2ccc(Cl)cc2)CC1)c1ccccc1. The average molecular weight is 491 g/mol. The number of ether oxygens (including phenoxy) is 1. The van der Waals surface area contributed by atoms with E-state index >= 15 is 0 Å². The van der Waals surface area contributed by atoms with Crippen molar-refractivity contribution in [3.8, 4) is 0 Å². The number of nitrogens with zero attached hydrogens (tertiary/aromatic N) is 2. The second-order valence-electron chi connectivity index (χ2n) is 9.34. The molecule has 1 saturated heterocycles. The van der Waals surface area contributed by atoms with Gasteiger partial charge in [-0.2, -0.15) is 0 Å². The molecule has 3 aromatic carbocycles. The third kappa shape index (κ3) is 6.94. The average Bonchev–Trinajstić information content (AvgIpc) is 2.88. The molecule has 1 amide bonds. The number of carbonyl (C=O) groups is 1. The van der Waals surface area contributed by atoms with Crippen LogP contribution in [0.1, 0.15) is 47.6 Å². The van der Waals surface area contributed by atoms with Gasteiger partial charge in [0.15, 0.2) is 0 Å². The van der Waals surface area contributed by atoms with Gasteiger partial charge in [0.25, 0.3) is 0 Å². The summed E-state index contributed by atoms with van der Waals surface area (Å²) < 4.78 is 6.43. The molecule has 2 atom stereocenters. The van der Waals surface area contributed by atoms with Crippen LogP contribution < -0.4 is 0 Å². The van der Waals surface area contributed by atoms with Crippen molar-refractivity contribution in [1.82, 2.24) is 9.80 Å². The summed E-state index contributed by atoms with van der Waals surface area (Å²) in [5.41, 5.74) is 4.63. The summed E-state index contributed by atoms with van der Waals surface area (Å²) in [5, 5.41) is 0.724. The van der Waals surface area contributed by atoms with E-state index in [1.807, 2.05) is 35.2 Å². The maximum atomic E-state index is 13.3. The van der Waals surface area contributed by atoms with E-state index in [2.05, 4.69) is 67.3 Å². The molecule has 4 rings (SSSR count). The molecule has 0 saturated carbocycles. The second-order valence-corrected chi connectivity index (χ2v) is 9.77. The van der Waals surface area contributed by atoms with Gasteiger partial charge < -0.3 is 9.64 Å². The summed E-state index contributed by atoms with van der Waals surface area (Å²) in [4.78, 5) is 17.7. The molecule has 0 radical (unpaired) electrons. The summed E-state index contributed by atoms with van der Waals surface area (Å²) in [6.45, 7) is 8.70. The predicted octanol–water partition coefficient (Wildman–Crippen LogP) is 6.24. The molecule has 1 heterocycles. The Balaban J connectivity index is 1.38. The molecular weight excluding hydrogens is 456 g/mol. The molecule has 4 nitrogen and oxygen atoms in total. The minimum Gasteiger partial charge on any atom is -0.368 e. The van der Waals surface area contributed by atoms with Gasteiger partial charge >= 0.3 is 0 Å². The van der Waals surface area contributed by atoms with Gasteiger partial charge in [-0.05, 0) is 42.2 Å². The fraction of sp³-hybridized carbons (Fsp3) is 0.367. The van der Waals surface area contributed by atoms with E-state index in [0.717, 1.165) is 55.3 Å². The highest BCUT2D eigenvalue weighted by atomic mass is 35.5. The smallest absolute Gasteiger partial charge is 0.230 e. The van der Waals surface area contributed by atoms with Gasteiger partial charge in [0.2, 0.25) is 5.91 Å². The molecule has 5 heteroatoms. The first kappa shape index (κ1) is 25.4. The zero-order chi connectivity index (χ0) is 24.6. The summed E-state index contributed by atoms with van der Waals surface area (Å²) >= 11 is 6.14. The minimum absolute atomic E-state index is 0.0669. The molecule has 0 N–H and O–H groups in total. The monoisotopic (exact) mass is 490 g/mol. The lowest BCUT2D eigenvalue weighted by molar-refractivity contribution is -0.135. The first-order chi connectivity index (χ1) is 17.0. The number of hydrogen-bond donors (Lipinski definition) is 0. The van der Waals surface area contributed by atoms with Crippen molar-refractivity contribution in [2.24, 2.45) is 0 Å². The molecule has 0 aromatic heterocycles. The lowest BCUT2D eigenvalue weighted by atomic mass is 9.95. The van der Waals surface area contributed by atoms with E-state index in [0.29, 0.717) is 6.61 Å². The summed E-state index contributed by atoms with van der Waals surface area (Å²) in [6, 6.07) is 26.5. The molecule has 3 aromatic rings. The van der Waals surface area contributed by atoms with Crippen LogP contribution in [0, 0.1) is 6.92 Å². The maximum Gasteiger partial charge on any atom is 0.230 e. The second kappa shape index (κ2) is 12.3. The van der Waals surface area contributed by atoms with Gasteiger partial charge in [-0.15, -0.1) is 0 Å². The molecule has 1 aliphatic heterocycles. The molecule has 1 fully saturated rings. The Hall–Kier alpha value is -2.66. The van der Waals surface area contributed by atoms with E-state index in [-0.39, 0.29) is 17.9 Å². The van der Waals surface area contributed by atoms with Crippen LogP contribution in [0.4, 0.5) is 0 Å². The molecule has 0 spiro atoms. The van der Waals surface area contributed by atoms with Crippen molar-refractivity contribution < 1.29 is 9.53 Å². The highest BCUT2D eigenvalue weighted by molar-refractivity contribution is 6.30. The zero-order valence-corrected chi connectivity index (χ0v) is 21.5. The normalized spacial score (nSPS) is 16.1. The van der Waals surface area contributed by atoms with Crippen LogP contribution in [0.2, 0.25) is 5.02 Å². The van der Waals surface area contributed by atoms with E-state index < -0.39 is 0 Å². The van der Waals surface area contributed by atoms with E-state index in [9.17, 15) is 4.79 Å².